The Kier molecular flexibility index (Phi) is 5.71. The van der Waals surface area contributed by atoms with Gasteiger partial charge in [-0.1, -0.05) is 17.7 Å². The molecule has 20 heavy (non-hydrogen) atoms. The fraction of sp³-hybridized carbons (Fsp3) is 0.357. The van der Waals surface area contributed by atoms with Gasteiger partial charge in [-0.3, -0.25) is 9.59 Å². The third-order valence-corrected chi connectivity index (χ3v) is 2.80. The number of rotatable bonds is 7. The van der Waals surface area contributed by atoms with Crippen molar-refractivity contribution in [2.24, 2.45) is 0 Å². The average Bonchev–Trinajstić information content (AvgIpc) is 2.37. The molecule has 1 unspecified atom stereocenters. The highest BCUT2D eigenvalue weighted by molar-refractivity contribution is 5.96. The number of aryl methyl sites for hydroxylation is 1. The maximum absolute atomic E-state index is 11.9. The molecule has 6 heteroatoms. The van der Waals surface area contributed by atoms with Gasteiger partial charge in [0.1, 0.15) is 6.04 Å². The first kappa shape index (κ1) is 15.7. The van der Waals surface area contributed by atoms with Gasteiger partial charge in [-0.25, -0.2) is 4.79 Å². The van der Waals surface area contributed by atoms with Crippen LogP contribution in [0.15, 0.2) is 24.3 Å². The minimum atomic E-state index is -1.17. The summed E-state index contributed by atoms with van der Waals surface area (Å²) in [5.41, 5.74) is 1.37. The lowest BCUT2D eigenvalue weighted by Crippen LogP contribution is -2.40. The Bertz CT molecular complexity index is 495. The molecule has 0 aliphatic rings. The molecule has 0 fully saturated rings. The van der Waals surface area contributed by atoms with Crippen LogP contribution in [0.25, 0.3) is 0 Å². The summed E-state index contributed by atoms with van der Waals surface area (Å²) in [4.78, 5) is 33.3. The van der Waals surface area contributed by atoms with Gasteiger partial charge in [0, 0.05) is 12.0 Å². The summed E-state index contributed by atoms with van der Waals surface area (Å²) >= 11 is 0. The fourth-order valence-electron chi connectivity index (χ4n) is 1.66. The van der Waals surface area contributed by atoms with E-state index in [4.69, 9.17) is 10.2 Å². The number of carbonyl (C=O) groups is 3. The fourth-order valence-corrected chi connectivity index (χ4v) is 1.66. The van der Waals surface area contributed by atoms with Crippen molar-refractivity contribution in [3.05, 3.63) is 35.4 Å². The van der Waals surface area contributed by atoms with Crippen molar-refractivity contribution in [3.8, 4) is 0 Å². The average molecular weight is 279 g/mol. The van der Waals surface area contributed by atoms with Gasteiger partial charge in [-0.05, 0) is 31.9 Å². The second kappa shape index (κ2) is 7.28. The summed E-state index contributed by atoms with van der Waals surface area (Å²) in [5, 5.41) is 19.9. The molecule has 1 aromatic carbocycles. The van der Waals surface area contributed by atoms with Crippen molar-refractivity contribution < 1.29 is 24.6 Å². The number of amides is 1. The number of carboxylic acid groups (broad SMARTS) is 2. The van der Waals surface area contributed by atoms with Crippen molar-refractivity contribution in [2.45, 2.75) is 32.2 Å². The van der Waals surface area contributed by atoms with Crippen molar-refractivity contribution in [3.63, 3.8) is 0 Å². The molecule has 1 aromatic rings. The van der Waals surface area contributed by atoms with E-state index in [0.717, 1.165) is 5.56 Å². The first-order chi connectivity index (χ1) is 9.40. The molecule has 108 valence electrons. The number of benzene rings is 1. The van der Waals surface area contributed by atoms with Crippen molar-refractivity contribution in [1.82, 2.24) is 5.32 Å². The lowest BCUT2D eigenvalue weighted by atomic mass is 10.1. The molecule has 1 rings (SSSR count). The zero-order valence-corrected chi connectivity index (χ0v) is 11.1. The van der Waals surface area contributed by atoms with E-state index in [1.807, 2.05) is 6.92 Å². The smallest absolute Gasteiger partial charge is 0.326 e. The summed E-state index contributed by atoms with van der Waals surface area (Å²) in [6, 6.07) is 5.66. The van der Waals surface area contributed by atoms with Crippen LogP contribution >= 0.6 is 0 Å². The van der Waals surface area contributed by atoms with E-state index in [2.05, 4.69) is 5.32 Å². The number of aliphatic carboxylic acids is 2. The van der Waals surface area contributed by atoms with Crippen LogP contribution in [0.3, 0.4) is 0 Å². The molecule has 6 nitrogen and oxygen atoms in total. The van der Waals surface area contributed by atoms with Crippen LogP contribution < -0.4 is 5.32 Å². The van der Waals surface area contributed by atoms with Gasteiger partial charge < -0.3 is 15.5 Å². The number of hydrogen-bond acceptors (Lipinski definition) is 3. The van der Waals surface area contributed by atoms with Crippen molar-refractivity contribution in [1.29, 1.82) is 0 Å². The zero-order chi connectivity index (χ0) is 15.1. The van der Waals surface area contributed by atoms with Crippen LogP contribution in [0.1, 0.15) is 35.2 Å². The van der Waals surface area contributed by atoms with E-state index in [9.17, 15) is 14.4 Å². The molecular weight excluding hydrogens is 262 g/mol. The van der Waals surface area contributed by atoms with Gasteiger partial charge in [-0.15, -0.1) is 0 Å². The summed E-state index contributed by atoms with van der Waals surface area (Å²) < 4.78 is 0. The maximum atomic E-state index is 11.9. The molecule has 0 bridgehead atoms. The predicted octanol–water partition coefficient (Wildman–Crippen LogP) is 1.43. The number of hydrogen-bond donors (Lipinski definition) is 3. The van der Waals surface area contributed by atoms with Gasteiger partial charge in [-0.2, -0.15) is 0 Å². The molecule has 0 aliphatic heterocycles. The van der Waals surface area contributed by atoms with Crippen LogP contribution in [-0.2, 0) is 9.59 Å². The highest BCUT2D eigenvalue weighted by Gasteiger charge is 2.20. The molecule has 0 aliphatic carbocycles. The van der Waals surface area contributed by atoms with E-state index in [-0.39, 0.29) is 19.3 Å². The molecular formula is C14H17NO5. The van der Waals surface area contributed by atoms with Crippen molar-refractivity contribution >= 4 is 17.8 Å². The van der Waals surface area contributed by atoms with Gasteiger partial charge in [0.15, 0.2) is 0 Å². The largest absolute Gasteiger partial charge is 0.481 e. The second-order valence-electron chi connectivity index (χ2n) is 4.52. The van der Waals surface area contributed by atoms with Crippen LogP contribution in [0.4, 0.5) is 0 Å². The standard InChI is InChI=1S/C14H17NO5/c1-9-5-7-10(8-6-9)13(18)15-11(14(19)20)3-2-4-12(16)17/h5-8,11H,2-4H2,1H3,(H,15,18)(H,16,17)(H,19,20). The summed E-state index contributed by atoms with van der Waals surface area (Å²) in [5.74, 6) is -2.64. The van der Waals surface area contributed by atoms with Crippen LogP contribution in [0.5, 0.6) is 0 Å². The molecule has 1 amide bonds. The second-order valence-corrected chi connectivity index (χ2v) is 4.52. The van der Waals surface area contributed by atoms with E-state index < -0.39 is 23.9 Å². The molecule has 0 saturated heterocycles. The number of carbonyl (C=O) groups excluding carboxylic acids is 1. The SMILES string of the molecule is Cc1ccc(C(=O)NC(CCCC(=O)O)C(=O)O)cc1. The summed E-state index contributed by atoms with van der Waals surface area (Å²) in [6.07, 6.45) is 0.157. The highest BCUT2D eigenvalue weighted by atomic mass is 16.4. The van der Waals surface area contributed by atoms with Gasteiger partial charge in [0.25, 0.3) is 5.91 Å². The normalized spacial score (nSPS) is 11.7. The Morgan fingerprint density at radius 2 is 1.75 bits per heavy atom. The Hall–Kier alpha value is -2.37. The lowest BCUT2D eigenvalue weighted by molar-refractivity contribution is -0.140. The third kappa shape index (κ3) is 5.09. The molecule has 0 radical (unpaired) electrons. The van der Waals surface area contributed by atoms with Crippen LogP contribution in [-0.4, -0.2) is 34.1 Å². The van der Waals surface area contributed by atoms with E-state index in [1.165, 1.54) is 0 Å². The zero-order valence-electron chi connectivity index (χ0n) is 11.1. The van der Waals surface area contributed by atoms with Crippen LogP contribution in [0, 0.1) is 6.92 Å². The first-order valence-corrected chi connectivity index (χ1v) is 6.22. The lowest BCUT2D eigenvalue weighted by Gasteiger charge is -2.14. The molecule has 0 spiro atoms. The summed E-state index contributed by atoms with van der Waals surface area (Å²) in [6.45, 7) is 1.88. The number of nitrogens with one attached hydrogen (secondary N) is 1. The Labute approximate surface area is 116 Å². The Morgan fingerprint density at radius 3 is 2.25 bits per heavy atom. The van der Waals surface area contributed by atoms with Gasteiger partial charge >= 0.3 is 11.9 Å². The molecule has 0 saturated carbocycles. The minimum Gasteiger partial charge on any atom is -0.481 e. The first-order valence-electron chi connectivity index (χ1n) is 6.22. The quantitative estimate of drug-likeness (QED) is 0.700. The predicted molar refractivity (Wildman–Crippen MR) is 71.6 cm³/mol. The Morgan fingerprint density at radius 1 is 1.15 bits per heavy atom. The van der Waals surface area contributed by atoms with Gasteiger partial charge in [0.05, 0.1) is 0 Å². The molecule has 3 N–H and O–H groups in total. The maximum Gasteiger partial charge on any atom is 0.326 e. The summed E-state index contributed by atoms with van der Waals surface area (Å²) in [7, 11) is 0. The topological polar surface area (TPSA) is 104 Å². The number of carboxylic acids is 2. The van der Waals surface area contributed by atoms with Crippen LogP contribution in [0.2, 0.25) is 0 Å². The highest BCUT2D eigenvalue weighted by Crippen LogP contribution is 2.06. The van der Waals surface area contributed by atoms with E-state index in [0.29, 0.717) is 5.56 Å². The molecule has 1 atom stereocenters. The third-order valence-electron chi connectivity index (χ3n) is 2.80. The van der Waals surface area contributed by atoms with E-state index >= 15 is 0 Å². The minimum absolute atomic E-state index is 0.0826. The van der Waals surface area contributed by atoms with E-state index in [1.54, 1.807) is 24.3 Å². The molecule has 0 aromatic heterocycles. The Balaban J connectivity index is 2.60. The van der Waals surface area contributed by atoms with Gasteiger partial charge in [0.2, 0.25) is 0 Å². The molecule has 0 heterocycles. The van der Waals surface area contributed by atoms with Crippen molar-refractivity contribution in [2.75, 3.05) is 0 Å². The monoisotopic (exact) mass is 279 g/mol.